The van der Waals surface area contributed by atoms with E-state index in [4.69, 9.17) is 4.74 Å². The maximum absolute atomic E-state index is 9.34. The van der Waals surface area contributed by atoms with Crippen LogP contribution in [0.4, 0.5) is 0 Å². The molecule has 0 aliphatic carbocycles. The number of hydrogen-bond donors (Lipinski definition) is 1. The molecule has 100 valence electrons. The molecule has 0 aromatic heterocycles. The van der Waals surface area contributed by atoms with Crippen molar-refractivity contribution in [1.29, 1.82) is 0 Å². The summed E-state index contributed by atoms with van der Waals surface area (Å²) in [6.45, 7) is 5.73. The van der Waals surface area contributed by atoms with E-state index in [1.165, 1.54) is 38.8 Å². The summed E-state index contributed by atoms with van der Waals surface area (Å²) in [5.74, 6) is 0. The Balaban J connectivity index is 1.80. The summed E-state index contributed by atoms with van der Waals surface area (Å²) in [4.78, 5) is 5.03. The van der Waals surface area contributed by atoms with Crippen molar-refractivity contribution in [2.24, 2.45) is 0 Å². The molecule has 0 aromatic rings. The van der Waals surface area contributed by atoms with Gasteiger partial charge in [-0.15, -0.1) is 0 Å². The monoisotopic (exact) mass is 242 g/mol. The predicted molar refractivity (Wildman–Crippen MR) is 68.2 cm³/mol. The van der Waals surface area contributed by atoms with E-state index in [9.17, 15) is 5.11 Å². The minimum Gasteiger partial charge on any atom is -0.395 e. The summed E-state index contributed by atoms with van der Waals surface area (Å²) in [5.41, 5.74) is 0. The van der Waals surface area contributed by atoms with E-state index in [-0.39, 0.29) is 0 Å². The van der Waals surface area contributed by atoms with Crippen molar-refractivity contribution >= 4 is 0 Å². The lowest BCUT2D eigenvalue weighted by molar-refractivity contribution is 0.102. The first-order chi connectivity index (χ1) is 8.35. The Hall–Kier alpha value is -0.160. The van der Waals surface area contributed by atoms with Gasteiger partial charge >= 0.3 is 0 Å². The van der Waals surface area contributed by atoms with E-state index >= 15 is 0 Å². The second kappa shape index (κ2) is 6.69. The maximum Gasteiger partial charge on any atom is 0.0589 e. The normalized spacial score (nSPS) is 31.4. The second-order valence-corrected chi connectivity index (χ2v) is 5.30. The molecule has 0 radical (unpaired) electrons. The van der Waals surface area contributed by atoms with Gasteiger partial charge in [0.25, 0.3) is 0 Å². The molecule has 2 aliphatic heterocycles. The van der Waals surface area contributed by atoms with Crippen molar-refractivity contribution in [3.8, 4) is 0 Å². The molecule has 2 fully saturated rings. The molecule has 4 nitrogen and oxygen atoms in total. The van der Waals surface area contributed by atoms with Crippen LogP contribution < -0.4 is 0 Å². The summed E-state index contributed by atoms with van der Waals surface area (Å²) >= 11 is 0. The van der Waals surface area contributed by atoms with Gasteiger partial charge in [-0.2, -0.15) is 0 Å². The van der Waals surface area contributed by atoms with Crippen LogP contribution in [0.2, 0.25) is 0 Å². The molecule has 2 rings (SSSR count). The Labute approximate surface area is 105 Å². The molecule has 2 aliphatic rings. The number of methoxy groups -OCH3 is 1. The Morgan fingerprint density at radius 2 is 1.82 bits per heavy atom. The fourth-order valence-electron chi connectivity index (χ4n) is 3.22. The highest BCUT2D eigenvalue weighted by Gasteiger charge is 2.30. The van der Waals surface area contributed by atoms with E-state index in [0.717, 1.165) is 19.7 Å². The van der Waals surface area contributed by atoms with Crippen LogP contribution in [0.1, 0.15) is 25.7 Å². The second-order valence-electron chi connectivity index (χ2n) is 5.30. The Bertz CT molecular complexity index is 225. The highest BCUT2D eigenvalue weighted by atomic mass is 16.5. The number of aliphatic hydroxyl groups is 1. The standard InChI is InChI=1S/C13H26N2O2/c1-17-9-8-14-6-2-4-12(14)10-15-7-3-5-13(15)11-16/h12-13,16H,2-11H2,1H3. The average Bonchev–Trinajstić information content (AvgIpc) is 2.96. The summed E-state index contributed by atoms with van der Waals surface area (Å²) in [7, 11) is 1.77. The predicted octanol–water partition coefficient (Wildman–Crippen LogP) is 0.554. The smallest absolute Gasteiger partial charge is 0.0589 e. The lowest BCUT2D eigenvalue weighted by Gasteiger charge is -2.31. The number of hydrogen-bond acceptors (Lipinski definition) is 4. The third-order valence-corrected chi connectivity index (χ3v) is 4.24. The van der Waals surface area contributed by atoms with Crippen molar-refractivity contribution < 1.29 is 9.84 Å². The Kier molecular flexibility index (Phi) is 5.22. The fourth-order valence-corrected chi connectivity index (χ4v) is 3.22. The molecule has 0 spiro atoms. The first kappa shape index (κ1) is 13.3. The first-order valence-electron chi connectivity index (χ1n) is 6.93. The van der Waals surface area contributed by atoms with Crippen molar-refractivity contribution in [3.63, 3.8) is 0 Å². The molecule has 0 amide bonds. The number of nitrogens with zero attached hydrogens (tertiary/aromatic N) is 2. The number of ether oxygens (including phenoxy) is 1. The van der Waals surface area contributed by atoms with Crippen LogP contribution in [0.15, 0.2) is 0 Å². The Morgan fingerprint density at radius 3 is 2.53 bits per heavy atom. The molecule has 2 saturated heterocycles. The Morgan fingerprint density at radius 1 is 1.12 bits per heavy atom. The van der Waals surface area contributed by atoms with Gasteiger partial charge in [-0.3, -0.25) is 9.80 Å². The van der Waals surface area contributed by atoms with Gasteiger partial charge in [0, 0.05) is 32.3 Å². The minimum absolute atomic E-state index is 0.324. The molecule has 1 N–H and O–H groups in total. The van der Waals surface area contributed by atoms with Gasteiger partial charge in [-0.1, -0.05) is 0 Å². The van der Waals surface area contributed by atoms with Crippen LogP contribution in [0.25, 0.3) is 0 Å². The SMILES string of the molecule is COCCN1CCCC1CN1CCCC1CO. The fraction of sp³-hybridized carbons (Fsp3) is 1.00. The van der Waals surface area contributed by atoms with Gasteiger partial charge in [0.2, 0.25) is 0 Å². The van der Waals surface area contributed by atoms with Gasteiger partial charge in [0.1, 0.15) is 0 Å². The van der Waals surface area contributed by atoms with Gasteiger partial charge in [0.15, 0.2) is 0 Å². The highest BCUT2D eigenvalue weighted by Crippen LogP contribution is 2.22. The van der Waals surface area contributed by atoms with Crippen LogP contribution in [0.5, 0.6) is 0 Å². The molecule has 4 heteroatoms. The van der Waals surface area contributed by atoms with E-state index in [2.05, 4.69) is 9.80 Å². The van der Waals surface area contributed by atoms with Crippen LogP contribution >= 0.6 is 0 Å². The van der Waals surface area contributed by atoms with Gasteiger partial charge in [-0.05, 0) is 38.8 Å². The molecule has 17 heavy (non-hydrogen) atoms. The molecule has 0 aromatic carbocycles. The summed E-state index contributed by atoms with van der Waals surface area (Å²) in [6, 6.07) is 1.09. The van der Waals surface area contributed by atoms with Crippen LogP contribution in [0.3, 0.4) is 0 Å². The quantitative estimate of drug-likeness (QED) is 0.738. The van der Waals surface area contributed by atoms with Crippen molar-refractivity contribution in [2.45, 2.75) is 37.8 Å². The zero-order valence-electron chi connectivity index (χ0n) is 11.0. The van der Waals surface area contributed by atoms with E-state index in [1.807, 2.05) is 0 Å². The number of aliphatic hydroxyl groups excluding tert-OH is 1. The highest BCUT2D eigenvalue weighted by molar-refractivity contribution is 4.86. The number of likely N-dealkylation sites (tertiary alicyclic amines) is 2. The third kappa shape index (κ3) is 3.41. The van der Waals surface area contributed by atoms with Crippen LogP contribution in [-0.4, -0.2) is 73.5 Å². The maximum atomic E-state index is 9.34. The van der Waals surface area contributed by atoms with E-state index in [0.29, 0.717) is 18.7 Å². The molecular formula is C13H26N2O2. The zero-order chi connectivity index (χ0) is 12.1. The third-order valence-electron chi connectivity index (χ3n) is 4.24. The molecule has 0 bridgehead atoms. The zero-order valence-corrected chi connectivity index (χ0v) is 11.0. The molecule has 2 atom stereocenters. The molecule has 2 unspecified atom stereocenters. The lowest BCUT2D eigenvalue weighted by Crippen LogP contribution is -2.44. The van der Waals surface area contributed by atoms with Crippen LogP contribution in [0, 0.1) is 0 Å². The number of rotatable bonds is 6. The van der Waals surface area contributed by atoms with E-state index in [1.54, 1.807) is 7.11 Å². The van der Waals surface area contributed by atoms with E-state index < -0.39 is 0 Å². The topological polar surface area (TPSA) is 35.9 Å². The molecular weight excluding hydrogens is 216 g/mol. The summed E-state index contributed by atoms with van der Waals surface area (Å²) < 4.78 is 5.17. The lowest BCUT2D eigenvalue weighted by atomic mass is 10.2. The van der Waals surface area contributed by atoms with Crippen LogP contribution in [-0.2, 0) is 4.74 Å². The average molecular weight is 242 g/mol. The summed E-state index contributed by atoms with van der Waals surface area (Å²) in [6.07, 6.45) is 5.03. The van der Waals surface area contributed by atoms with Crippen molar-refractivity contribution in [2.75, 3.05) is 46.5 Å². The largest absolute Gasteiger partial charge is 0.395 e. The minimum atomic E-state index is 0.324. The van der Waals surface area contributed by atoms with Gasteiger partial charge < -0.3 is 9.84 Å². The van der Waals surface area contributed by atoms with Crippen molar-refractivity contribution in [3.05, 3.63) is 0 Å². The first-order valence-corrected chi connectivity index (χ1v) is 6.93. The summed E-state index contributed by atoms with van der Waals surface area (Å²) in [5, 5.41) is 9.34. The van der Waals surface area contributed by atoms with Crippen molar-refractivity contribution in [1.82, 2.24) is 9.80 Å². The van der Waals surface area contributed by atoms with Gasteiger partial charge in [0.05, 0.1) is 13.2 Å². The molecule has 2 heterocycles. The molecule has 0 saturated carbocycles. The van der Waals surface area contributed by atoms with Gasteiger partial charge in [-0.25, -0.2) is 0 Å².